The van der Waals surface area contributed by atoms with Gasteiger partial charge in [-0.15, -0.1) is 0 Å². The molecule has 0 rings (SSSR count). The Bertz CT molecular complexity index is 75.3. The Morgan fingerprint density at radius 2 is 2.43 bits per heavy atom. The van der Waals surface area contributed by atoms with Crippen LogP contribution in [0.3, 0.4) is 0 Å². The molecule has 0 aliphatic rings. The summed E-state index contributed by atoms with van der Waals surface area (Å²) in [5.41, 5.74) is 0. The Morgan fingerprint density at radius 3 is 2.43 bits per heavy atom. The van der Waals surface area contributed by atoms with Crippen molar-refractivity contribution >= 4 is 17.2 Å². The zero-order valence-corrected chi connectivity index (χ0v) is 8.00. The molecule has 0 aliphatic carbocycles. The van der Waals surface area contributed by atoms with E-state index in [1.807, 2.05) is 0 Å². The third-order valence-electron chi connectivity index (χ3n) is 0.575. The summed E-state index contributed by atoms with van der Waals surface area (Å²) in [6.07, 6.45) is 0. The fourth-order valence-corrected chi connectivity index (χ4v) is 0.841. The third-order valence-corrected chi connectivity index (χ3v) is 2.80. The predicted molar refractivity (Wildman–Crippen MR) is 27.0 cm³/mol. The molecular formula is C3H6NOSZn. The van der Waals surface area contributed by atoms with Gasteiger partial charge >= 0.3 is 57.8 Å². The van der Waals surface area contributed by atoms with Crippen LogP contribution in [0.1, 0.15) is 0 Å². The van der Waals surface area contributed by atoms with Gasteiger partial charge in [-0.3, -0.25) is 0 Å². The first kappa shape index (κ1) is 7.47. The van der Waals surface area contributed by atoms with Crippen LogP contribution in [0.4, 0.5) is 0 Å². The molecule has 0 saturated carbocycles. The summed E-state index contributed by atoms with van der Waals surface area (Å²) in [5.74, 6) is 0. The summed E-state index contributed by atoms with van der Waals surface area (Å²) in [4.78, 5) is 0.625. The van der Waals surface area contributed by atoms with Gasteiger partial charge in [-0.05, 0) is 0 Å². The molecule has 0 unspecified atom stereocenters. The van der Waals surface area contributed by atoms with Gasteiger partial charge in [-0.1, -0.05) is 0 Å². The van der Waals surface area contributed by atoms with Crippen LogP contribution in [0.15, 0.2) is 0 Å². The molecule has 0 saturated heterocycles. The Labute approximate surface area is 58.1 Å². The van der Waals surface area contributed by atoms with E-state index in [9.17, 15) is 0 Å². The van der Waals surface area contributed by atoms with E-state index >= 15 is 0 Å². The molecule has 1 N–H and O–H groups in total. The van der Waals surface area contributed by atoms with Crippen LogP contribution in [0.25, 0.3) is 0 Å². The predicted octanol–water partition coefficient (Wildman–Crippen LogP) is 0.600. The Balaban J connectivity index is 3.35. The Hall–Kier alpha value is 0.473. The van der Waals surface area contributed by atoms with Crippen molar-refractivity contribution in [2.45, 2.75) is 5.02 Å². The van der Waals surface area contributed by atoms with Gasteiger partial charge in [0.2, 0.25) is 0 Å². The van der Waals surface area contributed by atoms with Crippen molar-refractivity contribution in [1.82, 2.24) is 5.06 Å². The normalized spacial score (nSPS) is 8.57. The maximum absolute atomic E-state index is 8.53. The molecule has 0 fully saturated rings. The molecule has 0 atom stereocenters. The van der Waals surface area contributed by atoms with Gasteiger partial charge in [-0.2, -0.15) is 0 Å². The van der Waals surface area contributed by atoms with E-state index in [4.69, 9.17) is 5.21 Å². The molecule has 0 aromatic carbocycles. The Morgan fingerprint density at radius 1 is 2.00 bits per heavy atom. The molecule has 0 aliphatic heterocycles. The van der Waals surface area contributed by atoms with Crippen molar-refractivity contribution in [2.75, 3.05) is 7.05 Å². The van der Waals surface area contributed by atoms with Crippen LogP contribution in [0.2, 0.25) is 5.02 Å². The minimum atomic E-state index is 0.625. The van der Waals surface area contributed by atoms with Crippen molar-refractivity contribution in [2.24, 2.45) is 0 Å². The van der Waals surface area contributed by atoms with Crippen LogP contribution in [-0.4, -0.2) is 22.3 Å². The van der Waals surface area contributed by atoms with E-state index in [-0.39, 0.29) is 0 Å². The molecule has 2 nitrogen and oxygen atoms in total. The molecule has 0 aromatic rings. The molecular weight excluding hydrogens is 163 g/mol. The fraction of sp³-hybridized carbons (Fsp3) is 0.667. The first-order valence-corrected chi connectivity index (χ1v) is 4.43. The van der Waals surface area contributed by atoms with Gasteiger partial charge in [0.15, 0.2) is 0 Å². The van der Waals surface area contributed by atoms with E-state index in [0.29, 0.717) is 4.99 Å². The molecule has 0 spiro atoms. The second kappa shape index (κ2) is 3.47. The second-order valence-electron chi connectivity index (χ2n) is 1.17. The van der Waals surface area contributed by atoms with Gasteiger partial charge in [0.05, 0.1) is 0 Å². The van der Waals surface area contributed by atoms with Crippen LogP contribution in [0, 0.1) is 0 Å². The van der Waals surface area contributed by atoms with Crippen molar-refractivity contribution in [3.05, 3.63) is 0 Å². The van der Waals surface area contributed by atoms with Crippen LogP contribution < -0.4 is 0 Å². The molecule has 0 heterocycles. The molecule has 4 heteroatoms. The summed E-state index contributed by atoms with van der Waals surface area (Å²) in [6.45, 7) is 0. The average Bonchev–Trinajstić information content (AvgIpc) is 1.65. The standard InChI is InChI=1S/C3H6NOS.Zn/c1-3(6)4(2)5;/h5H,1H2,2H3;. The third kappa shape index (κ3) is 3.09. The molecule has 0 bridgehead atoms. The van der Waals surface area contributed by atoms with Crippen molar-refractivity contribution in [1.29, 1.82) is 0 Å². The minimum absolute atomic E-state index is 0.625. The number of hydrogen-bond donors (Lipinski definition) is 1. The molecule has 0 amide bonds. The quantitative estimate of drug-likeness (QED) is 0.353. The van der Waals surface area contributed by atoms with Crippen molar-refractivity contribution in [3.63, 3.8) is 0 Å². The molecule has 0 radical (unpaired) electrons. The number of nitrogens with zero attached hydrogens (tertiary/aromatic N) is 1. The topological polar surface area (TPSA) is 23.5 Å². The van der Waals surface area contributed by atoms with Gasteiger partial charge < -0.3 is 0 Å². The summed E-state index contributed by atoms with van der Waals surface area (Å²) >= 11 is 5.80. The van der Waals surface area contributed by atoms with Gasteiger partial charge in [0.1, 0.15) is 0 Å². The number of thiocarbonyl (C=S) groups is 1. The zero-order chi connectivity index (χ0) is 5.86. The van der Waals surface area contributed by atoms with Crippen LogP contribution in [-0.2, 0) is 18.3 Å². The first-order valence-electron chi connectivity index (χ1n) is 1.93. The molecule has 37 valence electrons. The van der Waals surface area contributed by atoms with Gasteiger partial charge in [-0.25, -0.2) is 0 Å². The van der Waals surface area contributed by atoms with Gasteiger partial charge in [0.25, 0.3) is 0 Å². The van der Waals surface area contributed by atoms with E-state index in [1.54, 1.807) is 0 Å². The van der Waals surface area contributed by atoms with Gasteiger partial charge in [0, 0.05) is 0 Å². The monoisotopic (exact) mass is 168 g/mol. The number of hydroxylamine groups is 2. The van der Waals surface area contributed by atoms with E-state index in [0.717, 1.165) is 28.4 Å². The van der Waals surface area contributed by atoms with Crippen molar-refractivity contribution in [3.8, 4) is 0 Å². The van der Waals surface area contributed by atoms with E-state index < -0.39 is 0 Å². The SMILES string of the molecule is CN(O)C(=S)[CH2][Zn]. The maximum atomic E-state index is 8.53. The Kier molecular flexibility index (Phi) is 3.71. The molecule has 0 aromatic heterocycles. The summed E-state index contributed by atoms with van der Waals surface area (Å²) < 4.78 is 0. The van der Waals surface area contributed by atoms with Crippen molar-refractivity contribution < 1.29 is 23.5 Å². The van der Waals surface area contributed by atoms with Crippen LogP contribution >= 0.6 is 12.2 Å². The zero-order valence-electron chi connectivity index (χ0n) is 4.22. The molecule has 7 heavy (non-hydrogen) atoms. The first-order chi connectivity index (χ1) is 3.18. The van der Waals surface area contributed by atoms with E-state index in [2.05, 4.69) is 12.2 Å². The van der Waals surface area contributed by atoms with Crippen LogP contribution in [0.5, 0.6) is 0 Å². The second-order valence-corrected chi connectivity index (χ2v) is 2.69. The average molecular weight is 170 g/mol. The number of hydrogen-bond acceptors (Lipinski definition) is 2. The summed E-state index contributed by atoms with van der Waals surface area (Å²) in [5, 5.41) is 10.4. The van der Waals surface area contributed by atoms with E-state index in [1.165, 1.54) is 7.05 Å². The summed E-state index contributed by atoms with van der Waals surface area (Å²) in [7, 11) is 1.54. The fourth-order valence-electron chi connectivity index (χ4n) is 0.162. The number of rotatable bonds is 1. The summed E-state index contributed by atoms with van der Waals surface area (Å²) in [6, 6.07) is 0.